The van der Waals surface area contributed by atoms with E-state index >= 15 is 0 Å². The Morgan fingerprint density at radius 3 is 2.38 bits per heavy atom. The third kappa shape index (κ3) is 2.80. The van der Waals surface area contributed by atoms with Crippen LogP contribution in [0.15, 0.2) is 30.6 Å². The summed E-state index contributed by atoms with van der Waals surface area (Å²) < 4.78 is 63.1. The van der Waals surface area contributed by atoms with Gasteiger partial charge in [-0.05, 0) is 22.6 Å². The Bertz CT molecular complexity index is 640. The smallest absolute Gasteiger partial charge is 0.319 e. The van der Waals surface area contributed by atoms with Gasteiger partial charge in [0.2, 0.25) is 0 Å². The van der Waals surface area contributed by atoms with Crippen LogP contribution in [-0.4, -0.2) is 38.2 Å². The average Bonchev–Trinajstić information content (AvgIpc) is 2.91. The van der Waals surface area contributed by atoms with E-state index in [0.717, 1.165) is 17.1 Å². The van der Waals surface area contributed by atoms with Crippen molar-refractivity contribution in [3.8, 4) is 5.69 Å². The molecule has 0 aliphatic rings. The van der Waals surface area contributed by atoms with Gasteiger partial charge in [-0.3, -0.25) is 4.79 Å². The lowest BCUT2D eigenvalue weighted by Crippen LogP contribution is -2.47. The molecule has 21 heavy (non-hydrogen) atoms. The molecular formula is C10H6F5N5O. The number of carbonyl (C=O) groups is 1. The largest absolute Gasteiger partial charge is 0.463 e. The second-order valence-electron chi connectivity index (χ2n) is 3.80. The van der Waals surface area contributed by atoms with Crippen molar-refractivity contribution in [1.82, 2.24) is 20.2 Å². The van der Waals surface area contributed by atoms with Crippen molar-refractivity contribution in [2.45, 2.75) is 12.1 Å². The highest BCUT2D eigenvalue weighted by atomic mass is 19.4. The molecule has 2 aromatic rings. The van der Waals surface area contributed by atoms with Crippen LogP contribution in [0, 0.1) is 0 Å². The van der Waals surface area contributed by atoms with Crippen molar-refractivity contribution >= 4 is 11.6 Å². The highest BCUT2D eigenvalue weighted by molar-refractivity contribution is 5.98. The van der Waals surface area contributed by atoms with Crippen molar-refractivity contribution in [3.05, 3.63) is 30.6 Å². The fourth-order valence-electron chi connectivity index (χ4n) is 1.38. The standard InChI is InChI=1S/C10H6F5N5O/c11-9(12,10(13,14)15)8(21)17-6-3-1-2-4-7(6)20-5-16-18-19-20/h1-5H,(H,17,21). The van der Waals surface area contributed by atoms with E-state index in [2.05, 4.69) is 15.5 Å². The van der Waals surface area contributed by atoms with Crippen LogP contribution < -0.4 is 5.32 Å². The number of nitrogens with zero attached hydrogens (tertiary/aromatic N) is 4. The second kappa shape index (κ2) is 5.07. The predicted octanol–water partition coefficient (Wildman–Crippen LogP) is 1.80. The summed E-state index contributed by atoms with van der Waals surface area (Å²) in [6, 6.07) is 5.28. The number of aromatic nitrogens is 4. The van der Waals surface area contributed by atoms with Gasteiger partial charge in [-0.2, -0.15) is 26.6 Å². The summed E-state index contributed by atoms with van der Waals surface area (Å²) in [5.74, 6) is -8.00. The van der Waals surface area contributed by atoms with E-state index in [1.807, 2.05) is 0 Å². The molecule has 1 heterocycles. The number of hydrogen-bond acceptors (Lipinski definition) is 4. The molecular weight excluding hydrogens is 301 g/mol. The molecule has 0 radical (unpaired) electrons. The van der Waals surface area contributed by atoms with Gasteiger partial charge in [0.1, 0.15) is 6.33 Å². The zero-order valence-electron chi connectivity index (χ0n) is 9.97. The Hall–Kier alpha value is -2.59. The number of amides is 1. The maximum Gasteiger partial charge on any atom is 0.463 e. The number of anilines is 1. The van der Waals surface area contributed by atoms with Crippen LogP contribution in [0.25, 0.3) is 5.69 Å². The topological polar surface area (TPSA) is 72.7 Å². The first-order chi connectivity index (χ1) is 9.73. The predicted molar refractivity (Wildman–Crippen MR) is 58.8 cm³/mol. The molecule has 0 fully saturated rings. The molecule has 11 heteroatoms. The summed E-state index contributed by atoms with van der Waals surface area (Å²) in [5, 5.41) is 11.6. The number of alkyl halides is 5. The quantitative estimate of drug-likeness (QED) is 0.878. The lowest BCUT2D eigenvalue weighted by Gasteiger charge is -2.19. The zero-order valence-corrected chi connectivity index (χ0v) is 9.97. The van der Waals surface area contributed by atoms with Gasteiger partial charge in [-0.25, -0.2) is 0 Å². The number of para-hydroxylation sites is 2. The summed E-state index contributed by atoms with van der Waals surface area (Å²) >= 11 is 0. The highest BCUT2D eigenvalue weighted by Gasteiger charge is 2.63. The molecule has 0 unspecified atom stereocenters. The molecule has 0 aliphatic carbocycles. The molecule has 1 aromatic heterocycles. The molecule has 1 amide bonds. The van der Waals surface area contributed by atoms with Crippen molar-refractivity contribution in [2.24, 2.45) is 0 Å². The number of benzene rings is 1. The van der Waals surface area contributed by atoms with Crippen LogP contribution in [-0.2, 0) is 4.79 Å². The van der Waals surface area contributed by atoms with Crippen LogP contribution >= 0.6 is 0 Å². The Labute approximate surface area is 113 Å². The normalized spacial score (nSPS) is 12.2. The van der Waals surface area contributed by atoms with Gasteiger partial charge >= 0.3 is 18.0 Å². The van der Waals surface area contributed by atoms with Crippen molar-refractivity contribution in [3.63, 3.8) is 0 Å². The summed E-state index contributed by atoms with van der Waals surface area (Å²) in [7, 11) is 0. The van der Waals surface area contributed by atoms with Crippen LogP contribution in [0.4, 0.5) is 27.6 Å². The first-order valence-electron chi connectivity index (χ1n) is 5.32. The second-order valence-corrected chi connectivity index (χ2v) is 3.80. The molecule has 2 rings (SSSR count). The lowest BCUT2D eigenvalue weighted by molar-refractivity contribution is -0.267. The monoisotopic (exact) mass is 307 g/mol. The Kier molecular flexibility index (Phi) is 3.58. The fourth-order valence-corrected chi connectivity index (χ4v) is 1.38. The number of tetrazole rings is 1. The van der Waals surface area contributed by atoms with Crippen molar-refractivity contribution in [2.75, 3.05) is 5.32 Å². The minimum Gasteiger partial charge on any atom is -0.319 e. The maximum absolute atomic E-state index is 12.9. The molecule has 0 saturated carbocycles. The van der Waals surface area contributed by atoms with Gasteiger partial charge < -0.3 is 5.32 Å². The van der Waals surface area contributed by atoms with Crippen LogP contribution in [0.3, 0.4) is 0 Å². The number of nitrogens with one attached hydrogen (secondary N) is 1. The molecule has 0 saturated heterocycles. The SMILES string of the molecule is O=C(Nc1ccccc1-n1cnnn1)C(F)(F)C(F)(F)F. The van der Waals surface area contributed by atoms with E-state index in [4.69, 9.17) is 0 Å². The van der Waals surface area contributed by atoms with E-state index in [9.17, 15) is 26.7 Å². The van der Waals surface area contributed by atoms with Crippen LogP contribution in [0.5, 0.6) is 0 Å². The van der Waals surface area contributed by atoms with E-state index in [1.165, 1.54) is 23.5 Å². The molecule has 0 bridgehead atoms. The Morgan fingerprint density at radius 2 is 1.81 bits per heavy atom. The third-order valence-corrected chi connectivity index (χ3v) is 2.39. The van der Waals surface area contributed by atoms with E-state index in [1.54, 1.807) is 0 Å². The van der Waals surface area contributed by atoms with Crippen molar-refractivity contribution in [1.29, 1.82) is 0 Å². The average molecular weight is 307 g/mol. The maximum atomic E-state index is 12.9. The summed E-state index contributed by atoms with van der Waals surface area (Å²) in [5.41, 5.74) is -0.257. The highest BCUT2D eigenvalue weighted by Crippen LogP contribution is 2.36. The van der Waals surface area contributed by atoms with E-state index in [0.29, 0.717) is 0 Å². The molecule has 6 nitrogen and oxygen atoms in total. The van der Waals surface area contributed by atoms with Gasteiger partial charge in [0.15, 0.2) is 0 Å². The van der Waals surface area contributed by atoms with Gasteiger partial charge in [0.25, 0.3) is 0 Å². The number of rotatable bonds is 3. The van der Waals surface area contributed by atoms with Crippen LogP contribution in [0.1, 0.15) is 0 Å². The van der Waals surface area contributed by atoms with Gasteiger partial charge in [0, 0.05) is 0 Å². The summed E-state index contributed by atoms with van der Waals surface area (Å²) in [4.78, 5) is 11.2. The third-order valence-electron chi connectivity index (χ3n) is 2.39. The minimum absolute atomic E-state index is 0.0359. The number of carbonyl (C=O) groups excluding carboxylic acids is 1. The molecule has 112 valence electrons. The molecule has 1 N–H and O–H groups in total. The number of halogens is 5. The Morgan fingerprint density at radius 1 is 1.14 bits per heavy atom. The van der Waals surface area contributed by atoms with E-state index in [-0.39, 0.29) is 11.4 Å². The lowest BCUT2D eigenvalue weighted by atomic mass is 10.2. The first-order valence-corrected chi connectivity index (χ1v) is 5.32. The van der Waals surface area contributed by atoms with Gasteiger partial charge in [-0.15, -0.1) is 5.10 Å². The van der Waals surface area contributed by atoms with Gasteiger partial charge in [0.05, 0.1) is 11.4 Å². The van der Waals surface area contributed by atoms with E-state index < -0.39 is 18.0 Å². The fraction of sp³-hybridized carbons (Fsp3) is 0.200. The number of hydrogen-bond donors (Lipinski definition) is 1. The zero-order chi connectivity index (χ0) is 15.7. The van der Waals surface area contributed by atoms with Gasteiger partial charge in [-0.1, -0.05) is 12.1 Å². The molecule has 1 aromatic carbocycles. The van der Waals surface area contributed by atoms with Crippen LogP contribution in [0.2, 0.25) is 0 Å². The molecule has 0 atom stereocenters. The first kappa shape index (κ1) is 14.8. The molecule has 0 spiro atoms. The minimum atomic E-state index is -5.99. The summed E-state index contributed by atoms with van der Waals surface area (Å²) in [6.07, 6.45) is -4.90. The Balaban J connectivity index is 2.31. The van der Waals surface area contributed by atoms with Crippen molar-refractivity contribution < 1.29 is 26.7 Å². The molecule has 0 aliphatic heterocycles. The summed E-state index contributed by atoms with van der Waals surface area (Å²) in [6.45, 7) is 0.